The van der Waals surface area contributed by atoms with Crippen LogP contribution in [0.15, 0.2) is 40.9 Å². The van der Waals surface area contributed by atoms with Crippen LogP contribution in [0.2, 0.25) is 5.02 Å². The van der Waals surface area contributed by atoms with Gasteiger partial charge in [0.15, 0.2) is 0 Å². The van der Waals surface area contributed by atoms with E-state index < -0.39 is 0 Å². The molecule has 1 unspecified atom stereocenters. The largest absolute Gasteiger partial charge is 0.496 e. The highest BCUT2D eigenvalue weighted by atomic mass is 79.9. The molecule has 0 aromatic heterocycles. The lowest BCUT2D eigenvalue weighted by molar-refractivity contribution is 0.396. The Morgan fingerprint density at radius 3 is 2.33 bits per heavy atom. The van der Waals surface area contributed by atoms with Crippen molar-refractivity contribution in [3.05, 3.63) is 57.0 Å². The zero-order valence-electron chi connectivity index (χ0n) is 12.1. The number of hydrogen-bond acceptors (Lipinski definition) is 3. The first kappa shape index (κ1) is 16.1. The molecular weight excluding hydrogens is 354 g/mol. The number of rotatable bonds is 5. The second-order valence-corrected chi connectivity index (χ2v) is 5.85. The van der Waals surface area contributed by atoms with Crippen molar-refractivity contribution in [2.24, 2.45) is 0 Å². The minimum absolute atomic E-state index is 0.0651. The molecule has 0 fully saturated rings. The molecule has 2 rings (SSSR count). The predicted molar refractivity (Wildman–Crippen MR) is 89.6 cm³/mol. The molecule has 0 radical (unpaired) electrons. The highest BCUT2D eigenvalue weighted by molar-refractivity contribution is 9.10. The van der Waals surface area contributed by atoms with Crippen molar-refractivity contribution in [3.8, 4) is 11.5 Å². The molecule has 2 aromatic rings. The number of benzene rings is 2. The Balaban J connectivity index is 2.57. The maximum absolute atomic E-state index is 6.04. The highest BCUT2D eigenvalue weighted by Gasteiger charge is 2.20. The quantitative estimate of drug-likeness (QED) is 0.844. The van der Waals surface area contributed by atoms with Crippen LogP contribution in [0.25, 0.3) is 0 Å². The first-order chi connectivity index (χ1) is 10.1. The van der Waals surface area contributed by atoms with Gasteiger partial charge in [-0.2, -0.15) is 0 Å². The average molecular weight is 371 g/mol. The Morgan fingerprint density at radius 2 is 1.71 bits per heavy atom. The van der Waals surface area contributed by atoms with E-state index in [1.807, 2.05) is 43.4 Å². The van der Waals surface area contributed by atoms with Crippen LogP contribution in [0.3, 0.4) is 0 Å². The van der Waals surface area contributed by atoms with E-state index in [0.29, 0.717) is 5.02 Å². The SMILES string of the molecule is CNC(c1ccc(Cl)cc1OC)c1cc(Br)ccc1OC. The molecule has 1 atom stereocenters. The Bertz CT molecular complexity index is 634. The van der Waals surface area contributed by atoms with E-state index in [4.69, 9.17) is 21.1 Å². The van der Waals surface area contributed by atoms with Crippen molar-refractivity contribution < 1.29 is 9.47 Å². The van der Waals surface area contributed by atoms with Gasteiger partial charge in [-0.3, -0.25) is 0 Å². The second kappa shape index (κ2) is 7.16. The Hall–Kier alpha value is -1.23. The molecule has 0 amide bonds. The smallest absolute Gasteiger partial charge is 0.125 e. The zero-order chi connectivity index (χ0) is 15.4. The van der Waals surface area contributed by atoms with Gasteiger partial charge in [-0.05, 0) is 37.4 Å². The predicted octanol–water partition coefficient (Wildman–Crippen LogP) is 4.43. The molecule has 5 heteroatoms. The van der Waals surface area contributed by atoms with E-state index >= 15 is 0 Å². The summed E-state index contributed by atoms with van der Waals surface area (Å²) in [4.78, 5) is 0. The van der Waals surface area contributed by atoms with Crippen molar-refractivity contribution in [2.75, 3.05) is 21.3 Å². The molecule has 112 valence electrons. The van der Waals surface area contributed by atoms with Crippen LogP contribution in [-0.2, 0) is 0 Å². The van der Waals surface area contributed by atoms with Gasteiger partial charge in [0.25, 0.3) is 0 Å². The minimum atomic E-state index is -0.0651. The highest BCUT2D eigenvalue weighted by Crippen LogP contribution is 2.37. The lowest BCUT2D eigenvalue weighted by Gasteiger charge is -2.22. The molecule has 0 spiro atoms. The van der Waals surface area contributed by atoms with Crippen molar-refractivity contribution in [1.82, 2.24) is 5.32 Å². The lowest BCUT2D eigenvalue weighted by atomic mass is 9.97. The summed E-state index contributed by atoms with van der Waals surface area (Å²) in [6.07, 6.45) is 0. The zero-order valence-corrected chi connectivity index (χ0v) is 14.5. The van der Waals surface area contributed by atoms with Crippen LogP contribution in [0.1, 0.15) is 17.2 Å². The van der Waals surface area contributed by atoms with Crippen LogP contribution < -0.4 is 14.8 Å². The molecule has 3 nitrogen and oxygen atoms in total. The van der Waals surface area contributed by atoms with E-state index in [-0.39, 0.29) is 6.04 Å². The third-order valence-electron chi connectivity index (χ3n) is 3.30. The lowest BCUT2D eigenvalue weighted by Crippen LogP contribution is -2.19. The molecule has 0 saturated carbocycles. The standard InChI is InChI=1S/C16H17BrClNO2/c1-19-16(12-6-5-11(18)9-15(12)21-3)13-8-10(17)4-7-14(13)20-2/h4-9,16,19H,1-3H3. The van der Waals surface area contributed by atoms with Gasteiger partial charge >= 0.3 is 0 Å². The summed E-state index contributed by atoms with van der Waals surface area (Å²) in [5.74, 6) is 1.55. The van der Waals surface area contributed by atoms with Crippen molar-refractivity contribution in [2.45, 2.75) is 6.04 Å². The summed E-state index contributed by atoms with van der Waals surface area (Å²) in [6, 6.07) is 11.5. The Morgan fingerprint density at radius 1 is 1.00 bits per heavy atom. The topological polar surface area (TPSA) is 30.5 Å². The molecular formula is C16H17BrClNO2. The van der Waals surface area contributed by atoms with Crippen molar-refractivity contribution in [3.63, 3.8) is 0 Å². The molecule has 21 heavy (non-hydrogen) atoms. The van der Waals surface area contributed by atoms with Gasteiger partial charge in [0.2, 0.25) is 0 Å². The fourth-order valence-electron chi connectivity index (χ4n) is 2.33. The second-order valence-electron chi connectivity index (χ2n) is 4.49. The van der Waals surface area contributed by atoms with Gasteiger partial charge in [-0.25, -0.2) is 0 Å². The number of methoxy groups -OCH3 is 2. The summed E-state index contributed by atoms with van der Waals surface area (Å²) in [5.41, 5.74) is 2.02. The van der Waals surface area contributed by atoms with Gasteiger partial charge in [0.1, 0.15) is 11.5 Å². The molecule has 0 aliphatic heterocycles. The van der Waals surface area contributed by atoms with Gasteiger partial charge in [-0.1, -0.05) is 33.6 Å². The summed E-state index contributed by atoms with van der Waals surface area (Å²) in [6.45, 7) is 0. The third kappa shape index (κ3) is 3.51. The first-order valence-corrected chi connectivity index (χ1v) is 7.62. The number of halogens is 2. The van der Waals surface area contributed by atoms with E-state index in [1.165, 1.54) is 0 Å². The Labute approximate surface area is 138 Å². The summed E-state index contributed by atoms with van der Waals surface area (Å²) >= 11 is 9.55. The van der Waals surface area contributed by atoms with Crippen molar-refractivity contribution in [1.29, 1.82) is 0 Å². The van der Waals surface area contributed by atoms with Crippen LogP contribution in [-0.4, -0.2) is 21.3 Å². The maximum atomic E-state index is 6.04. The monoisotopic (exact) mass is 369 g/mol. The van der Waals surface area contributed by atoms with E-state index in [1.54, 1.807) is 14.2 Å². The number of hydrogen-bond donors (Lipinski definition) is 1. The summed E-state index contributed by atoms with van der Waals surface area (Å²) < 4.78 is 11.9. The van der Waals surface area contributed by atoms with Crippen LogP contribution in [0.4, 0.5) is 0 Å². The van der Waals surface area contributed by atoms with E-state index in [0.717, 1.165) is 27.1 Å². The fourth-order valence-corrected chi connectivity index (χ4v) is 2.87. The Kier molecular flexibility index (Phi) is 5.51. The maximum Gasteiger partial charge on any atom is 0.125 e. The van der Waals surface area contributed by atoms with Crippen LogP contribution in [0.5, 0.6) is 11.5 Å². The molecule has 0 aliphatic rings. The first-order valence-electron chi connectivity index (χ1n) is 6.44. The summed E-state index contributed by atoms with van der Waals surface area (Å²) in [7, 11) is 5.21. The fraction of sp³-hybridized carbons (Fsp3) is 0.250. The van der Waals surface area contributed by atoms with Gasteiger partial charge in [0.05, 0.1) is 20.3 Å². The van der Waals surface area contributed by atoms with Crippen molar-refractivity contribution >= 4 is 27.5 Å². The molecule has 2 aromatic carbocycles. The van der Waals surface area contributed by atoms with Crippen LogP contribution in [0, 0.1) is 0 Å². The number of ether oxygens (including phenoxy) is 2. The number of nitrogens with one attached hydrogen (secondary N) is 1. The van der Waals surface area contributed by atoms with Gasteiger partial charge < -0.3 is 14.8 Å². The van der Waals surface area contributed by atoms with Crippen LogP contribution >= 0.6 is 27.5 Å². The molecule has 0 saturated heterocycles. The van der Waals surface area contributed by atoms with Gasteiger partial charge in [-0.15, -0.1) is 0 Å². The summed E-state index contributed by atoms with van der Waals surface area (Å²) in [5, 5.41) is 3.95. The molecule has 0 aliphatic carbocycles. The van der Waals surface area contributed by atoms with E-state index in [2.05, 4.69) is 21.2 Å². The normalized spacial score (nSPS) is 12.0. The molecule has 1 N–H and O–H groups in total. The van der Waals surface area contributed by atoms with Gasteiger partial charge in [0, 0.05) is 20.6 Å². The average Bonchev–Trinajstić information content (AvgIpc) is 2.49. The molecule has 0 heterocycles. The molecule has 0 bridgehead atoms. The van der Waals surface area contributed by atoms with E-state index in [9.17, 15) is 0 Å². The minimum Gasteiger partial charge on any atom is -0.496 e. The third-order valence-corrected chi connectivity index (χ3v) is 4.03.